The van der Waals surface area contributed by atoms with E-state index in [0.717, 1.165) is 31.4 Å². The van der Waals surface area contributed by atoms with E-state index >= 15 is 0 Å². The molecule has 0 heterocycles. The normalized spacial score (nSPS) is 25.6. The van der Waals surface area contributed by atoms with Crippen LogP contribution in [0, 0.1) is 17.2 Å². The lowest BCUT2D eigenvalue weighted by Crippen LogP contribution is -2.50. The predicted octanol–water partition coefficient (Wildman–Crippen LogP) is 3.52. The van der Waals surface area contributed by atoms with E-state index in [2.05, 4.69) is 25.2 Å². The lowest BCUT2D eigenvalue weighted by Gasteiger charge is -2.32. The minimum Gasteiger partial charge on any atom is -0.494 e. The summed E-state index contributed by atoms with van der Waals surface area (Å²) in [5.74, 6) is 1.29. The van der Waals surface area contributed by atoms with Gasteiger partial charge in [0.05, 0.1) is 12.7 Å². The molecular weight excluding hydrogens is 248 g/mol. The Morgan fingerprint density at radius 1 is 1.40 bits per heavy atom. The third kappa shape index (κ3) is 3.52. The Bertz CT molecular complexity index is 452. The maximum atomic E-state index is 9.60. The molecule has 20 heavy (non-hydrogen) atoms. The maximum absolute atomic E-state index is 9.60. The van der Waals surface area contributed by atoms with E-state index in [1.54, 1.807) is 0 Å². The van der Waals surface area contributed by atoms with Gasteiger partial charge in [-0.1, -0.05) is 24.6 Å². The first-order valence-electron chi connectivity index (χ1n) is 7.53. The lowest BCUT2D eigenvalue weighted by molar-refractivity contribution is 0.225. The summed E-state index contributed by atoms with van der Waals surface area (Å²) < 4.78 is 5.77. The van der Waals surface area contributed by atoms with E-state index in [1.807, 2.05) is 30.3 Å². The second-order valence-electron chi connectivity index (χ2n) is 5.92. The highest BCUT2D eigenvalue weighted by Gasteiger charge is 2.43. The molecule has 108 valence electrons. The highest BCUT2D eigenvalue weighted by Crippen LogP contribution is 2.38. The molecule has 1 aliphatic carbocycles. The van der Waals surface area contributed by atoms with Crippen molar-refractivity contribution in [1.82, 2.24) is 5.32 Å². The van der Waals surface area contributed by atoms with Gasteiger partial charge in [-0.25, -0.2) is 0 Å². The monoisotopic (exact) mass is 272 g/mol. The van der Waals surface area contributed by atoms with E-state index in [0.29, 0.717) is 18.6 Å². The highest BCUT2D eigenvalue weighted by molar-refractivity contribution is 5.21. The summed E-state index contributed by atoms with van der Waals surface area (Å²) in [5.41, 5.74) is -0.353. The van der Waals surface area contributed by atoms with Crippen molar-refractivity contribution in [3.8, 4) is 11.8 Å². The summed E-state index contributed by atoms with van der Waals surface area (Å²) >= 11 is 0. The summed E-state index contributed by atoms with van der Waals surface area (Å²) in [6.45, 7) is 4.89. The molecular formula is C17H24N2O. The van der Waals surface area contributed by atoms with E-state index in [4.69, 9.17) is 4.74 Å². The first-order valence-corrected chi connectivity index (χ1v) is 7.53. The van der Waals surface area contributed by atoms with Crippen LogP contribution < -0.4 is 10.1 Å². The molecule has 1 aromatic rings. The van der Waals surface area contributed by atoms with Gasteiger partial charge in [-0.2, -0.15) is 5.26 Å². The standard InChI is InChI=1S/C17H24N2O/c1-14(2)19-17(13-18)11-6-7-15(17)10-12-20-16-8-4-3-5-9-16/h3-5,8-9,14-15,19H,6-7,10-12H2,1-2H3. The molecule has 3 nitrogen and oxygen atoms in total. The third-order valence-electron chi connectivity index (χ3n) is 4.04. The van der Waals surface area contributed by atoms with E-state index in [9.17, 15) is 5.26 Å². The Balaban J connectivity index is 1.89. The van der Waals surface area contributed by atoms with Gasteiger partial charge in [0.25, 0.3) is 0 Å². The Morgan fingerprint density at radius 3 is 2.80 bits per heavy atom. The summed E-state index contributed by atoms with van der Waals surface area (Å²) in [7, 11) is 0. The third-order valence-corrected chi connectivity index (χ3v) is 4.04. The number of nitrogens with zero attached hydrogens (tertiary/aromatic N) is 1. The van der Waals surface area contributed by atoms with Crippen molar-refractivity contribution in [1.29, 1.82) is 5.26 Å². The van der Waals surface area contributed by atoms with Gasteiger partial charge >= 0.3 is 0 Å². The van der Waals surface area contributed by atoms with E-state index in [-0.39, 0.29) is 5.54 Å². The summed E-state index contributed by atoms with van der Waals surface area (Å²) in [4.78, 5) is 0. The summed E-state index contributed by atoms with van der Waals surface area (Å²) in [5, 5.41) is 13.1. The smallest absolute Gasteiger partial charge is 0.119 e. The zero-order chi connectivity index (χ0) is 14.4. The average molecular weight is 272 g/mol. The van der Waals surface area contributed by atoms with Crippen LogP contribution in [0.2, 0.25) is 0 Å². The molecule has 1 aromatic carbocycles. The number of rotatable bonds is 6. The molecule has 1 saturated carbocycles. The zero-order valence-electron chi connectivity index (χ0n) is 12.4. The van der Waals surface area contributed by atoms with E-state index < -0.39 is 0 Å². The molecule has 3 heteroatoms. The van der Waals surface area contributed by atoms with Gasteiger partial charge in [0, 0.05) is 6.04 Å². The lowest BCUT2D eigenvalue weighted by atomic mass is 9.85. The number of para-hydroxylation sites is 1. The number of hydrogen-bond acceptors (Lipinski definition) is 3. The molecule has 0 aliphatic heterocycles. The first-order chi connectivity index (χ1) is 9.66. The van der Waals surface area contributed by atoms with Gasteiger partial charge in [0.15, 0.2) is 0 Å². The van der Waals surface area contributed by atoms with Crippen molar-refractivity contribution < 1.29 is 4.74 Å². The second kappa shape index (κ2) is 6.76. The molecule has 1 fully saturated rings. The fourth-order valence-corrected chi connectivity index (χ4v) is 3.19. The molecule has 2 rings (SSSR count). The van der Waals surface area contributed by atoms with Crippen LogP contribution in [0.5, 0.6) is 5.75 Å². The Hall–Kier alpha value is -1.53. The van der Waals surface area contributed by atoms with Gasteiger partial charge in [0.1, 0.15) is 11.3 Å². The Kier molecular flexibility index (Phi) is 5.03. The minimum absolute atomic E-state index is 0.338. The topological polar surface area (TPSA) is 45.0 Å². The molecule has 1 N–H and O–H groups in total. The van der Waals surface area contributed by atoms with Crippen LogP contribution in [0.25, 0.3) is 0 Å². The van der Waals surface area contributed by atoms with Crippen molar-refractivity contribution in [2.75, 3.05) is 6.61 Å². The molecule has 0 spiro atoms. The number of ether oxygens (including phenoxy) is 1. The van der Waals surface area contributed by atoms with Crippen molar-refractivity contribution >= 4 is 0 Å². The van der Waals surface area contributed by atoms with Crippen LogP contribution in [0.4, 0.5) is 0 Å². The number of nitrogens with one attached hydrogen (secondary N) is 1. The predicted molar refractivity (Wildman–Crippen MR) is 80.5 cm³/mol. The van der Waals surface area contributed by atoms with Crippen LogP contribution >= 0.6 is 0 Å². The van der Waals surface area contributed by atoms with Crippen LogP contribution in [0.1, 0.15) is 39.5 Å². The molecule has 0 amide bonds. The van der Waals surface area contributed by atoms with Crippen LogP contribution in [-0.2, 0) is 0 Å². The van der Waals surface area contributed by atoms with Gasteiger partial charge in [0.2, 0.25) is 0 Å². The molecule has 0 saturated heterocycles. The highest BCUT2D eigenvalue weighted by atomic mass is 16.5. The van der Waals surface area contributed by atoms with Crippen molar-refractivity contribution in [3.63, 3.8) is 0 Å². The number of nitriles is 1. The second-order valence-corrected chi connectivity index (χ2v) is 5.92. The van der Waals surface area contributed by atoms with Crippen molar-refractivity contribution in [2.45, 2.75) is 51.1 Å². The largest absolute Gasteiger partial charge is 0.494 e. The maximum Gasteiger partial charge on any atom is 0.119 e. The quantitative estimate of drug-likeness (QED) is 0.862. The molecule has 2 unspecified atom stereocenters. The molecule has 2 atom stereocenters. The fourth-order valence-electron chi connectivity index (χ4n) is 3.19. The van der Waals surface area contributed by atoms with Crippen LogP contribution in [0.3, 0.4) is 0 Å². The Labute approximate surface area is 121 Å². The fraction of sp³-hybridized carbons (Fsp3) is 0.588. The molecule has 0 aromatic heterocycles. The molecule has 0 bridgehead atoms. The summed E-state index contributed by atoms with van der Waals surface area (Å²) in [6, 6.07) is 12.8. The Morgan fingerprint density at radius 2 is 2.15 bits per heavy atom. The van der Waals surface area contributed by atoms with Gasteiger partial charge in [-0.15, -0.1) is 0 Å². The molecule has 1 aliphatic rings. The average Bonchev–Trinajstić information content (AvgIpc) is 2.83. The van der Waals surface area contributed by atoms with Gasteiger partial charge in [-0.05, 0) is 51.2 Å². The van der Waals surface area contributed by atoms with Crippen LogP contribution in [0.15, 0.2) is 30.3 Å². The number of benzene rings is 1. The van der Waals surface area contributed by atoms with Crippen LogP contribution in [-0.4, -0.2) is 18.2 Å². The van der Waals surface area contributed by atoms with E-state index in [1.165, 1.54) is 0 Å². The number of hydrogen-bond donors (Lipinski definition) is 1. The zero-order valence-corrected chi connectivity index (χ0v) is 12.4. The summed E-state index contributed by atoms with van der Waals surface area (Å²) in [6.07, 6.45) is 4.13. The first kappa shape index (κ1) is 14.9. The van der Waals surface area contributed by atoms with Crippen molar-refractivity contribution in [3.05, 3.63) is 30.3 Å². The SMILES string of the molecule is CC(C)NC1(C#N)CCCC1CCOc1ccccc1. The van der Waals surface area contributed by atoms with Gasteiger partial charge < -0.3 is 4.74 Å². The molecule has 0 radical (unpaired) electrons. The van der Waals surface area contributed by atoms with Gasteiger partial charge in [-0.3, -0.25) is 5.32 Å². The minimum atomic E-state index is -0.353. The van der Waals surface area contributed by atoms with Crippen molar-refractivity contribution in [2.24, 2.45) is 5.92 Å².